The second-order valence-electron chi connectivity index (χ2n) is 6.58. The number of hydrogen-bond donors (Lipinski definition) is 2. The molecule has 9 nitrogen and oxygen atoms in total. The minimum atomic E-state index is -0.267. The molecule has 2 N–H and O–H groups in total. The van der Waals surface area contributed by atoms with Crippen LogP contribution in [-0.4, -0.2) is 49.1 Å². The number of benzene rings is 1. The lowest BCUT2D eigenvalue weighted by atomic mass is 10.2. The molecule has 10 heteroatoms. The first kappa shape index (κ1) is 18.9. The van der Waals surface area contributed by atoms with E-state index in [1.165, 1.54) is 0 Å². The normalized spacial score (nSPS) is 11.0. The number of carbonyl (C=O) groups excluding carboxylic acids is 1. The largest absolute Gasteiger partial charge is 0.475 e. The second kappa shape index (κ2) is 8.36. The topological polar surface area (TPSA) is 110 Å². The van der Waals surface area contributed by atoms with Gasteiger partial charge in [0.2, 0.25) is 5.88 Å². The Morgan fingerprint density at radius 1 is 1.10 bits per heavy atom. The fourth-order valence-corrected chi connectivity index (χ4v) is 3.72. The minimum absolute atomic E-state index is 0.259. The molecule has 0 spiro atoms. The van der Waals surface area contributed by atoms with Gasteiger partial charge in [0.25, 0.3) is 5.91 Å². The highest BCUT2D eigenvalue weighted by Crippen LogP contribution is 2.23. The van der Waals surface area contributed by atoms with E-state index < -0.39 is 0 Å². The number of H-pyrrole nitrogens is 1. The van der Waals surface area contributed by atoms with Gasteiger partial charge in [0, 0.05) is 11.6 Å². The van der Waals surface area contributed by atoms with Crippen LogP contribution in [0, 0.1) is 0 Å². The van der Waals surface area contributed by atoms with Gasteiger partial charge in [0.15, 0.2) is 17.2 Å². The van der Waals surface area contributed by atoms with Gasteiger partial charge in [-0.3, -0.25) is 9.89 Å². The number of hydrogen-bond acceptors (Lipinski definition) is 7. The van der Waals surface area contributed by atoms with E-state index in [0.717, 1.165) is 16.1 Å². The van der Waals surface area contributed by atoms with Crippen LogP contribution in [0.2, 0.25) is 0 Å². The monoisotopic (exact) mass is 431 g/mol. The first-order valence-electron chi connectivity index (χ1n) is 9.56. The number of aromatic amines is 1. The van der Waals surface area contributed by atoms with E-state index in [0.29, 0.717) is 29.6 Å². The third-order valence-corrected chi connectivity index (χ3v) is 5.41. The molecular formula is C21H17N7O2S. The average Bonchev–Trinajstić information content (AvgIpc) is 3.57. The number of carbonyl (C=O) groups is 1. The molecule has 0 saturated heterocycles. The molecule has 1 aromatic carbocycles. The molecular weight excluding hydrogens is 414 g/mol. The molecule has 0 bridgehead atoms. The summed E-state index contributed by atoms with van der Waals surface area (Å²) in [6.07, 6.45) is 0. The van der Waals surface area contributed by atoms with Gasteiger partial charge >= 0.3 is 0 Å². The highest BCUT2D eigenvalue weighted by Gasteiger charge is 2.12. The molecule has 0 fully saturated rings. The Balaban J connectivity index is 1.19. The van der Waals surface area contributed by atoms with Gasteiger partial charge in [-0.05, 0) is 23.6 Å². The Kier molecular flexibility index (Phi) is 5.11. The number of fused-ring (bicyclic) bond motifs is 1. The maximum atomic E-state index is 12.3. The van der Waals surface area contributed by atoms with E-state index >= 15 is 0 Å². The van der Waals surface area contributed by atoms with E-state index in [1.54, 1.807) is 34.1 Å². The predicted molar refractivity (Wildman–Crippen MR) is 116 cm³/mol. The van der Waals surface area contributed by atoms with Crippen molar-refractivity contribution in [1.29, 1.82) is 0 Å². The van der Waals surface area contributed by atoms with Gasteiger partial charge in [0.05, 0.1) is 17.1 Å². The summed E-state index contributed by atoms with van der Waals surface area (Å²) in [4.78, 5) is 13.3. The van der Waals surface area contributed by atoms with Gasteiger partial charge in [-0.25, -0.2) is 0 Å². The van der Waals surface area contributed by atoms with Crippen molar-refractivity contribution >= 4 is 22.9 Å². The molecule has 0 atom stereocenters. The molecule has 31 heavy (non-hydrogen) atoms. The van der Waals surface area contributed by atoms with E-state index in [9.17, 15) is 4.79 Å². The zero-order valence-corrected chi connectivity index (χ0v) is 17.0. The third kappa shape index (κ3) is 4.01. The maximum absolute atomic E-state index is 12.3. The Bertz CT molecular complexity index is 1310. The molecule has 0 unspecified atom stereocenters. The first-order chi connectivity index (χ1) is 15.3. The summed E-state index contributed by atoms with van der Waals surface area (Å²) in [7, 11) is 0. The number of rotatable bonds is 7. The van der Waals surface area contributed by atoms with Crippen LogP contribution < -0.4 is 10.1 Å². The summed E-state index contributed by atoms with van der Waals surface area (Å²) in [5.74, 6) is 0.782. The summed E-state index contributed by atoms with van der Waals surface area (Å²) in [6, 6.07) is 18.9. The molecule has 1 amide bonds. The van der Waals surface area contributed by atoms with Crippen LogP contribution in [0.1, 0.15) is 10.5 Å². The van der Waals surface area contributed by atoms with Crippen LogP contribution in [0.4, 0.5) is 0 Å². The summed E-state index contributed by atoms with van der Waals surface area (Å²) in [5.41, 5.74) is 2.68. The number of nitrogens with one attached hydrogen (secondary N) is 2. The standard InChI is InChI=1S/C21H17N7O2S/c29-21(16-13-15(23-24-16)17-7-4-12-31-17)22-10-11-30-19-9-8-18-25-26-20(28(18)27-19)14-5-2-1-3-6-14/h1-9,12-13H,10-11H2,(H,22,29)(H,23,24). The number of thiophene rings is 1. The molecule has 5 rings (SSSR count). The van der Waals surface area contributed by atoms with Crippen LogP contribution in [0.5, 0.6) is 5.88 Å². The minimum Gasteiger partial charge on any atom is -0.475 e. The van der Waals surface area contributed by atoms with Crippen molar-refractivity contribution < 1.29 is 9.53 Å². The molecule has 0 aliphatic heterocycles. The van der Waals surface area contributed by atoms with Crippen molar-refractivity contribution in [2.45, 2.75) is 0 Å². The molecule has 4 heterocycles. The third-order valence-electron chi connectivity index (χ3n) is 4.51. The van der Waals surface area contributed by atoms with Gasteiger partial charge in [-0.15, -0.1) is 26.6 Å². The van der Waals surface area contributed by atoms with Gasteiger partial charge in [-0.2, -0.15) is 9.61 Å². The summed E-state index contributed by atoms with van der Waals surface area (Å²) in [5, 5.41) is 24.5. The molecule has 0 aliphatic carbocycles. The van der Waals surface area contributed by atoms with Crippen molar-refractivity contribution in [3.63, 3.8) is 0 Å². The number of ether oxygens (including phenoxy) is 1. The van der Waals surface area contributed by atoms with Crippen LogP contribution in [-0.2, 0) is 0 Å². The van der Waals surface area contributed by atoms with Gasteiger partial charge in [0.1, 0.15) is 6.61 Å². The van der Waals surface area contributed by atoms with Crippen LogP contribution in [0.15, 0.2) is 66.0 Å². The average molecular weight is 431 g/mol. The summed E-state index contributed by atoms with van der Waals surface area (Å²) < 4.78 is 7.33. The summed E-state index contributed by atoms with van der Waals surface area (Å²) >= 11 is 1.58. The number of aromatic nitrogens is 6. The van der Waals surface area contributed by atoms with Gasteiger partial charge in [-0.1, -0.05) is 36.4 Å². The lowest BCUT2D eigenvalue weighted by Gasteiger charge is -2.07. The van der Waals surface area contributed by atoms with Gasteiger partial charge < -0.3 is 10.1 Å². The molecule has 154 valence electrons. The second-order valence-corrected chi connectivity index (χ2v) is 7.53. The van der Waals surface area contributed by atoms with Crippen molar-refractivity contribution in [3.8, 4) is 27.8 Å². The molecule has 0 saturated carbocycles. The molecule has 0 aliphatic rings. The highest BCUT2D eigenvalue weighted by atomic mass is 32.1. The smallest absolute Gasteiger partial charge is 0.271 e. The van der Waals surface area contributed by atoms with Crippen molar-refractivity contribution in [3.05, 3.63) is 71.7 Å². The SMILES string of the molecule is O=C(NCCOc1ccc2nnc(-c3ccccc3)n2n1)c1cc(-c2cccs2)[nH]n1. The fraction of sp³-hybridized carbons (Fsp3) is 0.0952. The number of amides is 1. The zero-order chi connectivity index (χ0) is 21.0. The van der Waals surface area contributed by atoms with E-state index in [-0.39, 0.29) is 12.5 Å². The van der Waals surface area contributed by atoms with Crippen LogP contribution in [0.25, 0.3) is 27.6 Å². The van der Waals surface area contributed by atoms with E-state index in [4.69, 9.17) is 4.74 Å². The Hall–Kier alpha value is -4.05. The lowest BCUT2D eigenvalue weighted by molar-refractivity contribution is 0.0941. The Morgan fingerprint density at radius 3 is 2.84 bits per heavy atom. The Morgan fingerprint density at radius 2 is 2.00 bits per heavy atom. The molecule has 0 radical (unpaired) electrons. The van der Waals surface area contributed by atoms with Crippen LogP contribution >= 0.6 is 11.3 Å². The predicted octanol–water partition coefficient (Wildman–Crippen LogP) is 3.05. The molecule has 5 aromatic rings. The van der Waals surface area contributed by atoms with Crippen molar-refractivity contribution in [2.75, 3.05) is 13.2 Å². The zero-order valence-electron chi connectivity index (χ0n) is 16.2. The maximum Gasteiger partial charge on any atom is 0.271 e. The molecule has 4 aromatic heterocycles. The highest BCUT2D eigenvalue weighted by molar-refractivity contribution is 7.13. The van der Waals surface area contributed by atoms with E-state index in [2.05, 4.69) is 30.8 Å². The lowest BCUT2D eigenvalue weighted by Crippen LogP contribution is -2.28. The fourth-order valence-electron chi connectivity index (χ4n) is 3.02. The van der Waals surface area contributed by atoms with Crippen molar-refractivity contribution in [2.24, 2.45) is 0 Å². The number of nitrogens with zero attached hydrogens (tertiary/aromatic N) is 5. The van der Waals surface area contributed by atoms with E-state index in [1.807, 2.05) is 47.8 Å². The first-order valence-corrected chi connectivity index (χ1v) is 10.4. The van der Waals surface area contributed by atoms with Crippen molar-refractivity contribution in [1.82, 2.24) is 35.3 Å². The summed E-state index contributed by atoms with van der Waals surface area (Å²) in [6.45, 7) is 0.572. The Labute approximate surface area is 180 Å². The van der Waals surface area contributed by atoms with Crippen LogP contribution in [0.3, 0.4) is 0 Å². The quantitative estimate of drug-likeness (QED) is 0.383.